The molecule has 0 N–H and O–H groups in total. The Balaban J connectivity index is 2.32. The van der Waals surface area contributed by atoms with E-state index in [1.807, 2.05) is 31.2 Å². The molecule has 0 atom stereocenters. The van der Waals surface area contributed by atoms with Gasteiger partial charge in [-0.1, -0.05) is 18.2 Å². The lowest BCUT2D eigenvalue weighted by molar-refractivity contribution is 0.119. The Morgan fingerprint density at radius 2 is 2.00 bits per heavy atom. The van der Waals surface area contributed by atoms with Crippen LogP contribution in [0.15, 0.2) is 24.3 Å². The SMILES string of the molecule is [CH2]COCCOc1ccccc1C. The zero-order valence-corrected chi connectivity index (χ0v) is 7.95. The van der Waals surface area contributed by atoms with Crippen molar-refractivity contribution in [3.63, 3.8) is 0 Å². The van der Waals surface area contributed by atoms with Crippen molar-refractivity contribution in [1.29, 1.82) is 0 Å². The van der Waals surface area contributed by atoms with Gasteiger partial charge in [-0.15, -0.1) is 0 Å². The van der Waals surface area contributed by atoms with E-state index in [1.165, 1.54) is 0 Å². The monoisotopic (exact) mass is 179 g/mol. The molecule has 1 radical (unpaired) electrons. The summed E-state index contributed by atoms with van der Waals surface area (Å²) in [6, 6.07) is 7.94. The van der Waals surface area contributed by atoms with Gasteiger partial charge in [0, 0.05) is 6.61 Å². The summed E-state index contributed by atoms with van der Waals surface area (Å²) < 4.78 is 10.5. The maximum absolute atomic E-state index is 5.49. The molecule has 1 aromatic rings. The Morgan fingerprint density at radius 3 is 2.69 bits per heavy atom. The van der Waals surface area contributed by atoms with Gasteiger partial charge in [-0.05, 0) is 25.5 Å². The molecule has 0 saturated carbocycles. The van der Waals surface area contributed by atoms with E-state index in [0.717, 1.165) is 11.3 Å². The van der Waals surface area contributed by atoms with Crippen LogP contribution in [0.3, 0.4) is 0 Å². The number of para-hydroxylation sites is 1. The molecule has 2 nitrogen and oxygen atoms in total. The lowest BCUT2D eigenvalue weighted by atomic mass is 10.2. The Hall–Kier alpha value is -1.02. The van der Waals surface area contributed by atoms with Crippen molar-refractivity contribution in [3.05, 3.63) is 36.8 Å². The van der Waals surface area contributed by atoms with Crippen LogP contribution in [0.2, 0.25) is 0 Å². The lowest BCUT2D eigenvalue weighted by Gasteiger charge is -2.08. The minimum Gasteiger partial charge on any atom is -0.491 e. The molecule has 0 bridgehead atoms. The van der Waals surface area contributed by atoms with E-state index in [0.29, 0.717) is 19.8 Å². The fourth-order valence-electron chi connectivity index (χ4n) is 1.03. The highest BCUT2D eigenvalue weighted by atomic mass is 16.5. The smallest absolute Gasteiger partial charge is 0.122 e. The third-order valence-electron chi connectivity index (χ3n) is 1.72. The van der Waals surface area contributed by atoms with Gasteiger partial charge in [-0.2, -0.15) is 0 Å². The maximum Gasteiger partial charge on any atom is 0.122 e. The van der Waals surface area contributed by atoms with Crippen molar-refractivity contribution in [3.8, 4) is 5.75 Å². The highest BCUT2D eigenvalue weighted by Gasteiger charge is 1.95. The fraction of sp³-hybridized carbons (Fsp3) is 0.364. The van der Waals surface area contributed by atoms with E-state index in [-0.39, 0.29) is 0 Å². The Morgan fingerprint density at radius 1 is 1.23 bits per heavy atom. The summed E-state index contributed by atoms with van der Waals surface area (Å²) in [7, 11) is 0. The second-order valence-electron chi connectivity index (χ2n) is 2.73. The van der Waals surface area contributed by atoms with Crippen molar-refractivity contribution < 1.29 is 9.47 Å². The Bertz CT molecular complexity index is 246. The van der Waals surface area contributed by atoms with Crippen molar-refractivity contribution in [2.75, 3.05) is 19.8 Å². The first kappa shape index (κ1) is 10.1. The molecular weight excluding hydrogens is 164 g/mol. The number of rotatable bonds is 5. The predicted molar refractivity (Wildman–Crippen MR) is 52.9 cm³/mol. The molecule has 13 heavy (non-hydrogen) atoms. The largest absolute Gasteiger partial charge is 0.491 e. The minimum atomic E-state index is 0.497. The Labute approximate surface area is 79.5 Å². The standard InChI is InChI=1S/C11H15O2/c1-3-12-8-9-13-11-7-5-4-6-10(11)2/h4-7H,1,3,8-9H2,2H3. The minimum absolute atomic E-state index is 0.497. The number of aryl methyl sites for hydroxylation is 1. The summed E-state index contributed by atoms with van der Waals surface area (Å²) in [6.45, 7) is 7.27. The van der Waals surface area contributed by atoms with E-state index in [1.54, 1.807) is 0 Å². The maximum atomic E-state index is 5.49. The van der Waals surface area contributed by atoms with E-state index >= 15 is 0 Å². The van der Waals surface area contributed by atoms with Crippen LogP contribution in [0.5, 0.6) is 5.75 Å². The second kappa shape index (κ2) is 5.60. The highest BCUT2D eigenvalue weighted by molar-refractivity contribution is 5.31. The van der Waals surface area contributed by atoms with Crippen LogP contribution in [0.25, 0.3) is 0 Å². The van der Waals surface area contributed by atoms with Gasteiger partial charge >= 0.3 is 0 Å². The number of ether oxygens (including phenoxy) is 2. The molecule has 0 unspecified atom stereocenters. The number of hydrogen-bond donors (Lipinski definition) is 0. The van der Waals surface area contributed by atoms with Crippen molar-refractivity contribution in [1.82, 2.24) is 0 Å². The average Bonchev–Trinajstić information content (AvgIpc) is 2.15. The third-order valence-corrected chi connectivity index (χ3v) is 1.72. The Kier molecular flexibility index (Phi) is 4.33. The van der Waals surface area contributed by atoms with Crippen LogP contribution in [0.1, 0.15) is 5.56 Å². The molecule has 1 rings (SSSR count). The topological polar surface area (TPSA) is 18.5 Å². The average molecular weight is 179 g/mol. The van der Waals surface area contributed by atoms with Crippen molar-refractivity contribution in [2.45, 2.75) is 6.92 Å². The van der Waals surface area contributed by atoms with Crippen molar-refractivity contribution in [2.24, 2.45) is 0 Å². The molecule has 71 valence electrons. The molecule has 0 amide bonds. The summed E-state index contributed by atoms with van der Waals surface area (Å²) >= 11 is 0. The third kappa shape index (κ3) is 3.47. The second-order valence-corrected chi connectivity index (χ2v) is 2.73. The quantitative estimate of drug-likeness (QED) is 0.645. The predicted octanol–water partition coefficient (Wildman–Crippen LogP) is 2.22. The zero-order valence-electron chi connectivity index (χ0n) is 7.95. The first-order valence-corrected chi connectivity index (χ1v) is 4.40. The summed E-state index contributed by atoms with van der Waals surface area (Å²) in [5, 5.41) is 0. The molecule has 2 heteroatoms. The highest BCUT2D eigenvalue weighted by Crippen LogP contribution is 2.15. The summed E-state index contributed by atoms with van der Waals surface area (Å²) in [5.74, 6) is 0.926. The van der Waals surface area contributed by atoms with Gasteiger partial charge in [0.15, 0.2) is 0 Å². The van der Waals surface area contributed by atoms with Crippen LogP contribution in [-0.2, 0) is 4.74 Å². The number of hydrogen-bond acceptors (Lipinski definition) is 2. The molecule has 0 heterocycles. The fourth-order valence-corrected chi connectivity index (χ4v) is 1.03. The molecule has 0 saturated heterocycles. The van der Waals surface area contributed by atoms with E-state index in [2.05, 4.69) is 6.92 Å². The molecule has 0 aliphatic heterocycles. The van der Waals surface area contributed by atoms with Gasteiger partial charge < -0.3 is 9.47 Å². The van der Waals surface area contributed by atoms with Gasteiger partial charge in [0.05, 0.1) is 6.61 Å². The summed E-state index contributed by atoms with van der Waals surface area (Å²) in [5.41, 5.74) is 1.15. The normalized spacial score (nSPS) is 10.0. The van der Waals surface area contributed by atoms with Gasteiger partial charge in [0.1, 0.15) is 12.4 Å². The lowest BCUT2D eigenvalue weighted by Crippen LogP contribution is -2.06. The van der Waals surface area contributed by atoms with Gasteiger partial charge in [0.25, 0.3) is 0 Å². The van der Waals surface area contributed by atoms with E-state index in [4.69, 9.17) is 9.47 Å². The van der Waals surface area contributed by atoms with Gasteiger partial charge in [0.2, 0.25) is 0 Å². The molecule has 0 aromatic heterocycles. The van der Waals surface area contributed by atoms with E-state index < -0.39 is 0 Å². The number of benzene rings is 1. The molecule has 0 spiro atoms. The van der Waals surface area contributed by atoms with Gasteiger partial charge in [-0.25, -0.2) is 0 Å². The molecule has 0 aliphatic carbocycles. The van der Waals surface area contributed by atoms with Crippen LogP contribution in [0.4, 0.5) is 0 Å². The first-order valence-electron chi connectivity index (χ1n) is 4.40. The van der Waals surface area contributed by atoms with Crippen LogP contribution >= 0.6 is 0 Å². The van der Waals surface area contributed by atoms with Crippen LogP contribution in [0, 0.1) is 13.8 Å². The van der Waals surface area contributed by atoms with Gasteiger partial charge in [-0.3, -0.25) is 0 Å². The molecule has 1 aromatic carbocycles. The summed E-state index contributed by atoms with van der Waals surface area (Å²) in [4.78, 5) is 0. The molecule has 0 aliphatic rings. The zero-order chi connectivity index (χ0) is 9.52. The van der Waals surface area contributed by atoms with E-state index in [9.17, 15) is 0 Å². The van der Waals surface area contributed by atoms with Crippen LogP contribution in [-0.4, -0.2) is 19.8 Å². The summed E-state index contributed by atoms with van der Waals surface area (Å²) in [6.07, 6.45) is 0. The van der Waals surface area contributed by atoms with Crippen LogP contribution < -0.4 is 4.74 Å². The van der Waals surface area contributed by atoms with Crippen molar-refractivity contribution >= 4 is 0 Å². The molecule has 0 fully saturated rings. The first-order chi connectivity index (χ1) is 6.34. The molecular formula is C11H15O2.